The van der Waals surface area contributed by atoms with Gasteiger partial charge in [0.25, 0.3) is 0 Å². The largest absolute Gasteiger partial charge is 0.292 e. The zero-order valence-electron chi connectivity index (χ0n) is 8.33. The Hall–Kier alpha value is -0.380. The Labute approximate surface area is 97.8 Å². The number of thiophene rings is 1. The summed E-state index contributed by atoms with van der Waals surface area (Å²) < 4.78 is 0.744. The van der Waals surface area contributed by atoms with Crippen LogP contribution in [0.3, 0.4) is 0 Å². The van der Waals surface area contributed by atoms with Gasteiger partial charge in [-0.15, -0.1) is 11.3 Å². The van der Waals surface area contributed by atoms with Crippen LogP contribution in [0.4, 0.5) is 0 Å². The molecule has 0 saturated carbocycles. The van der Waals surface area contributed by atoms with Crippen molar-refractivity contribution in [1.82, 2.24) is 4.90 Å². The molecule has 0 N–H and O–H groups in total. The van der Waals surface area contributed by atoms with E-state index in [1.807, 2.05) is 6.07 Å². The number of carbonyl (C=O) groups excluding carboxylic acids is 1. The number of fused-ring (bicyclic) bond motifs is 2. The van der Waals surface area contributed by atoms with Crippen LogP contribution in [0, 0.1) is 0 Å². The maximum atomic E-state index is 12.2. The molecule has 15 heavy (non-hydrogen) atoms. The van der Waals surface area contributed by atoms with Gasteiger partial charge in [0.2, 0.25) is 0 Å². The van der Waals surface area contributed by atoms with Gasteiger partial charge in [-0.2, -0.15) is 0 Å². The molecule has 4 heteroatoms. The van der Waals surface area contributed by atoms with Gasteiger partial charge in [0.15, 0.2) is 5.78 Å². The number of rotatable bonds is 0. The predicted octanol–water partition coefficient (Wildman–Crippen LogP) is 2.95. The highest BCUT2D eigenvalue weighted by atomic mass is 35.5. The molecule has 1 aromatic rings. The van der Waals surface area contributed by atoms with Gasteiger partial charge in [0.05, 0.1) is 10.4 Å². The molecular weight excluding hydrogens is 230 g/mol. The first-order chi connectivity index (χ1) is 7.25. The average molecular weight is 242 g/mol. The second-order valence-electron chi connectivity index (χ2n) is 4.23. The van der Waals surface area contributed by atoms with Crippen molar-refractivity contribution in [3.05, 3.63) is 20.8 Å². The van der Waals surface area contributed by atoms with Crippen molar-refractivity contribution in [3.63, 3.8) is 0 Å². The second-order valence-corrected chi connectivity index (χ2v) is 6.00. The minimum atomic E-state index is 0.136. The topological polar surface area (TPSA) is 20.3 Å². The minimum absolute atomic E-state index is 0.136. The molecule has 2 nitrogen and oxygen atoms in total. The molecule has 0 spiro atoms. The van der Waals surface area contributed by atoms with E-state index in [2.05, 4.69) is 4.90 Å². The third kappa shape index (κ3) is 1.53. The molecule has 1 fully saturated rings. The Morgan fingerprint density at radius 2 is 2.33 bits per heavy atom. The Morgan fingerprint density at radius 1 is 1.47 bits per heavy atom. The number of ketones is 1. The van der Waals surface area contributed by atoms with Crippen molar-refractivity contribution >= 4 is 28.7 Å². The quantitative estimate of drug-likeness (QED) is 0.696. The van der Waals surface area contributed by atoms with Crippen molar-refractivity contribution in [3.8, 4) is 0 Å². The van der Waals surface area contributed by atoms with Gasteiger partial charge in [0.1, 0.15) is 0 Å². The highest BCUT2D eigenvalue weighted by molar-refractivity contribution is 7.16. The van der Waals surface area contributed by atoms with Crippen molar-refractivity contribution in [1.29, 1.82) is 0 Å². The van der Waals surface area contributed by atoms with Crippen molar-refractivity contribution in [2.24, 2.45) is 0 Å². The lowest BCUT2D eigenvalue weighted by Gasteiger charge is -2.37. The van der Waals surface area contributed by atoms with E-state index in [1.54, 1.807) is 11.3 Å². The van der Waals surface area contributed by atoms with Crippen LogP contribution < -0.4 is 0 Å². The van der Waals surface area contributed by atoms with Crippen LogP contribution in [0.25, 0.3) is 0 Å². The Bertz CT molecular complexity index is 415. The first kappa shape index (κ1) is 9.82. The molecule has 3 rings (SSSR count). The standard InChI is InChI=1S/C11H12ClNOS/c12-10-5-7-9(15-10)6-13-4-2-1-3-8(13)11(7)14/h5,8H,1-4,6H2. The summed E-state index contributed by atoms with van der Waals surface area (Å²) in [6.45, 7) is 1.98. The van der Waals surface area contributed by atoms with Crippen molar-refractivity contribution in [2.45, 2.75) is 31.8 Å². The number of hydrogen-bond donors (Lipinski definition) is 0. The SMILES string of the molecule is O=C1c2cc(Cl)sc2CN2CCCCC12. The minimum Gasteiger partial charge on any atom is -0.292 e. The van der Waals surface area contributed by atoms with E-state index in [0.29, 0.717) is 5.78 Å². The summed E-state index contributed by atoms with van der Waals surface area (Å²) in [5.74, 6) is 0.291. The number of piperidine rings is 1. The van der Waals surface area contributed by atoms with Gasteiger partial charge >= 0.3 is 0 Å². The first-order valence-electron chi connectivity index (χ1n) is 5.32. The van der Waals surface area contributed by atoms with Gasteiger partial charge in [-0.05, 0) is 25.5 Å². The molecular formula is C11H12ClNOS. The van der Waals surface area contributed by atoms with Gasteiger partial charge < -0.3 is 0 Å². The molecule has 0 bridgehead atoms. The average Bonchev–Trinajstić information content (AvgIpc) is 2.59. The van der Waals surface area contributed by atoms with E-state index in [0.717, 1.165) is 34.3 Å². The maximum Gasteiger partial charge on any atom is 0.181 e. The molecule has 0 amide bonds. The number of nitrogens with zero attached hydrogens (tertiary/aromatic N) is 1. The molecule has 1 aromatic heterocycles. The summed E-state index contributed by atoms with van der Waals surface area (Å²) in [5.41, 5.74) is 0.883. The molecule has 0 aromatic carbocycles. The second kappa shape index (κ2) is 3.58. The molecule has 3 heterocycles. The highest BCUT2D eigenvalue weighted by Crippen LogP contribution is 2.35. The molecule has 1 saturated heterocycles. The van der Waals surface area contributed by atoms with Gasteiger partial charge in [0, 0.05) is 17.0 Å². The molecule has 0 aliphatic carbocycles. The van der Waals surface area contributed by atoms with E-state index < -0.39 is 0 Å². The fraction of sp³-hybridized carbons (Fsp3) is 0.545. The van der Waals surface area contributed by atoms with Crippen LogP contribution in [0.15, 0.2) is 6.07 Å². The fourth-order valence-electron chi connectivity index (χ4n) is 2.56. The lowest BCUT2D eigenvalue weighted by atomic mass is 9.91. The predicted molar refractivity (Wildman–Crippen MR) is 61.7 cm³/mol. The lowest BCUT2D eigenvalue weighted by molar-refractivity contribution is 0.0691. The lowest BCUT2D eigenvalue weighted by Crippen LogP contribution is -2.47. The Balaban J connectivity index is 2.01. The summed E-state index contributed by atoms with van der Waals surface area (Å²) in [6.07, 6.45) is 3.42. The Morgan fingerprint density at radius 3 is 3.20 bits per heavy atom. The van der Waals surface area contributed by atoms with E-state index in [-0.39, 0.29) is 6.04 Å². The van der Waals surface area contributed by atoms with Crippen molar-refractivity contribution < 1.29 is 4.79 Å². The first-order valence-corrected chi connectivity index (χ1v) is 6.51. The van der Waals surface area contributed by atoms with Crippen LogP contribution >= 0.6 is 22.9 Å². The van der Waals surface area contributed by atoms with Crippen LogP contribution in [-0.2, 0) is 6.54 Å². The number of hydrogen-bond acceptors (Lipinski definition) is 3. The molecule has 80 valence electrons. The van der Waals surface area contributed by atoms with E-state index in [1.165, 1.54) is 12.8 Å². The van der Waals surface area contributed by atoms with E-state index in [9.17, 15) is 4.79 Å². The van der Waals surface area contributed by atoms with E-state index in [4.69, 9.17) is 11.6 Å². The zero-order valence-corrected chi connectivity index (χ0v) is 9.90. The summed E-state index contributed by atoms with van der Waals surface area (Å²) in [6, 6.07) is 1.98. The maximum absolute atomic E-state index is 12.2. The zero-order chi connectivity index (χ0) is 10.4. The van der Waals surface area contributed by atoms with E-state index >= 15 is 0 Å². The normalized spacial score (nSPS) is 26.2. The van der Waals surface area contributed by atoms with Crippen LogP contribution in [0.1, 0.15) is 34.5 Å². The van der Waals surface area contributed by atoms with Crippen LogP contribution in [-0.4, -0.2) is 23.3 Å². The molecule has 2 aliphatic rings. The summed E-state index contributed by atoms with van der Waals surface area (Å²) in [7, 11) is 0. The number of halogens is 1. The third-order valence-corrected chi connectivity index (χ3v) is 4.56. The summed E-state index contributed by atoms with van der Waals surface area (Å²) in [5, 5.41) is 0. The fourth-order valence-corrected chi connectivity index (χ4v) is 3.86. The van der Waals surface area contributed by atoms with Gasteiger partial charge in [-0.1, -0.05) is 18.0 Å². The monoisotopic (exact) mass is 241 g/mol. The van der Waals surface area contributed by atoms with Gasteiger partial charge in [-0.3, -0.25) is 9.69 Å². The van der Waals surface area contributed by atoms with Gasteiger partial charge in [-0.25, -0.2) is 0 Å². The Kier molecular flexibility index (Phi) is 2.34. The number of carbonyl (C=O) groups is 1. The smallest absolute Gasteiger partial charge is 0.181 e. The molecule has 2 aliphatic heterocycles. The van der Waals surface area contributed by atoms with Crippen LogP contribution in [0.2, 0.25) is 4.34 Å². The molecule has 1 unspecified atom stereocenters. The third-order valence-electron chi connectivity index (χ3n) is 3.31. The number of Topliss-reactive ketones (excluding diaryl/α,β-unsaturated/α-hetero) is 1. The summed E-state index contributed by atoms with van der Waals surface area (Å²) in [4.78, 5) is 15.6. The highest BCUT2D eigenvalue weighted by Gasteiger charge is 2.36. The van der Waals surface area contributed by atoms with Crippen LogP contribution in [0.5, 0.6) is 0 Å². The summed E-state index contributed by atoms with van der Waals surface area (Å²) >= 11 is 7.51. The van der Waals surface area contributed by atoms with Crippen molar-refractivity contribution in [2.75, 3.05) is 6.54 Å². The molecule has 1 atom stereocenters. The molecule has 0 radical (unpaired) electrons.